The van der Waals surface area contributed by atoms with Crippen LogP contribution in [-0.4, -0.2) is 71.6 Å². The standard InChI is InChI=1S/C30H34N4O5S3/c1-4-32(5-2)20-21-33(30-31-28-26(40-30)13-8-14-27(28)41(3,36)37)29(35)23-15-17-24(18-16-23)42(38,39)34-19-9-11-22-10-6-7-12-25(22)34/h6-8,10,12-18H,4-5,9,11,19-21H2,1-3H3. The minimum absolute atomic E-state index is 0.114. The fourth-order valence-corrected chi connectivity index (χ4v) is 8.65. The van der Waals surface area contributed by atoms with Crippen LogP contribution >= 0.6 is 11.3 Å². The quantitative estimate of drug-likeness (QED) is 0.248. The van der Waals surface area contributed by atoms with Crippen LogP contribution in [0.3, 0.4) is 0 Å². The maximum Gasteiger partial charge on any atom is 0.264 e. The molecule has 0 bridgehead atoms. The van der Waals surface area contributed by atoms with E-state index in [1.54, 1.807) is 17.0 Å². The van der Waals surface area contributed by atoms with Gasteiger partial charge in [-0.15, -0.1) is 0 Å². The zero-order chi connectivity index (χ0) is 30.1. The van der Waals surface area contributed by atoms with Gasteiger partial charge in [-0.05, 0) is 74.0 Å². The van der Waals surface area contributed by atoms with Gasteiger partial charge in [0.15, 0.2) is 15.0 Å². The van der Waals surface area contributed by atoms with Crippen LogP contribution in [0.5, 0.6) is 0 Å². The first-order valence-electron chi connectivity index (χ1n) is 13.9. The second-order valence-electron chi connectivity index (χ2n) is 10.2. The van der Waals surface area contributed by atoms with Crippen molar-refractivity contribution in [3.63, 3.8) is 0 Å². The molecule has 222 valence electrons. The minimum Gasteiger partial charge on any atom is -0.302 e. The summed E-state index contributed by atoms with van der Waals surface area (Å²) in [6.07, 6.45) is 2.70. The first kappa shape index (κ1) is 30.1. The van der Waals surface area contributed by atoms with E-state index in [1.807, 2.05) is 38.1 Å². The Labute approximate surface area is 251 Å². The van der Waals surface area contributed by atoms with Gasteiger partial charge in [0.1, 0.15) is 5.52 Å². The predicted molar refractivity (Wildman–Crippen MR) is 168 cm³/mol. The number of aryl methyl sites for hydroxylation is 1. The van der Waals surface area contributed by atoms with Crippen molar-refractivity contribution in [1.29, 1.82) is 0 Å². The molecule has 0 aliphatic carbocycles. The second kappa shape index (κ2) is 12.1. The molecule has 4 aromatic rings. The molecule has 0 saturated heterocycles. The van der Waals surface area contributed by atoms with E-state index < -0.39 is 19.9 Å². The third-order valence-corrected chi connectivity index (χ3v) is 11.5. The average molecular weight is 627 g/mol. The van der Waals surface area contributed by atoms with Crippen LogP contribution in [0.4, 0.5) is 10.8 Å². The van der Waals surface area contributed by atoms with Crippen molar-refractivity contribution in [2.75, 3.05) is 48.2 Å². The molecule has 3 aromatic carbocycles. The number of sulfone groups is 1. The van der Waals surface area contributed by atoms with Gasteiger partial charge < -0.3 is 4.90 Å². The van der Waals surface area contributed by atoms with Gasteiger partial charge in [-0.3, -0.25) is 14.0 Å². The highest BCUT2D eigenvalue weighted by atomic mass is 32.2. The summed E-state index contributed by atoms with van der Waals surface area (Å²) in [7, 11) is -7.34. The zero-order valence-electron chi connectivity index (χ0n) is 23.9. The van der Waals surface area contributed by atoms with Crippen molar-refractivity contribution < 1.29 is 21.6 Å². The Kier molecular flexibility index (Phi) is 8.70. The molecule has 0 unspecified atom stereocenters. The van der Waals surface area contributed by atoms with Gasteiger partial charge >= 0.3 is 0 Å². The SMILES string of the molecule is CCN(CC)CCN(C(=O)c1ccc(S(=O)(=O)N2CCCc3ccccc32)cc1)c1nc2c(S(C)(=O)=O)cccc2s1. The number of thiazole rings is 1. The molecule has 1 amide bonds. The van der Waals surface area contributed by atoms with Crippen molar-refractivity contribution in [3.8, 4) is 0 Å². The first-order valence-corrected chi connectivity index (χ1v) is 18.0. The Morgan fingerprint density at radius 2 is 1.64 bits per heavy atom. The molecule has 0 spiro atoms. The molecule has 1 aliphatic heterocycles. The Balaban J connectivity index is 1.48. The number of sulfonamides is 1. The summed E-state index contributed by atoms with van der Waals surface area (Å²) in [5.74, 6) is -0.339. The van der Waals surface area contributed by atoms with Crippen LogP contribution in [0.25, 0.3) is 10.2 Å². The van der Waals surface area contributed by atoms with Gasteiger partial charge in [-0.25, -0.2) is 21.8 Å². The van der Waals surface area contributed by atoms with Gasteiger partial charge in [-0.1, -0.05) is 49.4 Å². The first-order chi connectivity index (χ1) is 20.0. The van der Waals surface area contributed by atoms with Gasteiger partial charge in [0.25, 0.3) is 15.9 Å². The number of carbonyl (C=O) groups is 1. The molecule has 42 heavy (non-hydrogen) atoms. The number of hydrogen-bond acceptors (Lipinski definition) is 8. The highest BCUT2D eigenvalue weighted by Crippen LogP contribution is 2.34. The molecule has 0 radical (unpaired) electrons. The minimum atomic E-state index is -3.82. The number of benzene rings is 3. The third kappa shape index (κ3) is 5.94. The fourth-order valence-electron chi connectivity index (χ4n) is 5.19. The summed E-state index contributed by atoms with van der Waals surface area (Å²) in [6, 6.07) is 18.5. The molecule has 0 fully saturated rings. The second-order valence-corrected chi connectivity index (χ2v) is 15.0. The lowest BCUT2D eigenvalue weighted by Gasteiger charge is -2.30. The largest absolute Gasteiger partial charge is 0.302 e. The lowest BCUT2D eigenvalue weighted by Crippen LogP contribution is -2.39. The highest BCUT2D eigenvalue weighted by Gasteiger charge is 2.30. The van der Waals surface area contributed by atoms with E-state index in [9.17, 15) is 21.6 Å². The van der Waals surface area contributed by atoms with E-state index in [2.05, 4.69) is 9.88 Å². The maximum atomic E-state index is 13.9. The van der Waals surface area contributed by atoms with Gasteiger partial charge in [-0.2, -0.15) is 0 Å². The molecule has 0 atom stereocenters. The summed E-state index contributed by atoms with van der Waals surface area (Å²) < 4.78 is 54.1. The van der Waals surface area contributed by atoms with Gasteiger partial charge in [0.2, 0.25) is 0 Å². The summed E-state index contributed by atoms with van der Waals surface area (Å²) in [6.45, 7) is 7.03. The fraction of sp³-hybridized carbons (Fsp3) is 0.333. The number of carbonyl (C=O) groups excluding carboxylic acids is 1. The molecule has 9 nitrogen and oxygen atoms in total. The smallest absolute Gasteiger partial charge is 0.264 e. The summed E-state index contributed by atoms with van der Waals surface area (Å²) in [5.41, 5.74) is 2.34. The summed E-state index contributed by atoms with van der Waals surface area (Å²) >= 11 is 1.25. The number of amides is 1. The van der Waals surface area contributed by atoms with Crippen molar-refractivity contribution >= 4 is 58.1 Å². The number of nitrogens with zero attached hydrogens (tertiary/aromatic N) is 4. The molecule has 5 rings (SSSR count). The van der Waals surface area contributed by atoms with Crippen LogP contribution in [0.2, 0.25) is 0 Å². The van der Waals surface area contributed by atoms with Gasteiger partial charge in [0, 0.05) is 31.5 Å². The Morgan fingerprint density at radius 3 is 2.33 bits per heavy atom. The lowest BCUT2D eigenvalue weighted by molar-refractivity contribution is 0.0983. The topological polar surface area (TPSA) is 108 Å². The molecule has 1 aromatic heterocycles. The van der Waals surface area contributed by atoms with Crippen molar-refractivity contribution in [2.24, 2.45) is 0 Å². The average Bonchev–Trinajstić information content (AvgIpc) is 3.42. The number of likely N-dealkylation sites (N-methyl/N-ethyl adjacent to an activating group) is 1. The van der Waals surface area contributed by atoms with E-state index >= 15 is 0 Å². The number of rotatable bonds is 10. The summed E-state index contributed by atoms with van der Waals surface area (Å²) in [4.78, 5) is 22.5. The van der Waals surface area contributed by atoms with E-state index in [0.29, 0.717) is 46.2 Å². The number of fused-ring (bicyclic) bond motifs is 2. The third-order valence-electron chi connectivity index (χ3n) is 7.54. The Hall–Kier alpha value is -3.32. The molecule has 2 heterocycles. The van der Waals surface area contributed by atoms with Crippen molar-refractivity contribution in [1.82, 2.24) is 9.88 Å². The van der Waals surface area contributed by atoms with Crippen molar-refractivity contribution in [2.45, 2.75) is 36.5 Å². The van der Waals surface area contributed by atoms with E-state index in [1.165, 1.54) is 46.0 Å². The highest BCUT2D eigenvalue weighted by molar-refractivity contribution is 7.92. The molecular weight excluding hydrogens is 593 g/mol. The van der Waals surface area contributed by atoms with Crippen molar-refractivity contribution in [3.05, 3.63) is 77.9 Å². The molecule has 0 N–H and O–H groups in total. The normalized spacial score (nSPS) is 13.9. The van der Waals surface area contributed by atoms with Crippen LogP contribution < -0.4 is 9.21 Å². The Bertz CT molecular complexity index is 1820. The number of para-hydroxylation sites is 2. The summed E-state index contributed by atoms with van der Waals surface area (Å²) in [5, 5.41) is 0.389. The lowest BCUT2D eigenvalue weighted by atomic mass is 10.0. The monoisotopic (exact) mass is 626 g/mol. The molecular formula is C30H34N4O5S3. The molecule has 12 heteroatoms. The maximum absolute atomic E-state index is 13.9. The van der Waals surface area contributed by atoms with Crippen LogP contribution in [0.15, 0.2) is 76.5 Å². The Morgan fingerprint density at radius 1 is 0.929 bits per heavy atom. The van der Waals surface area contributed by atoms with E-state index in [-0.39, 0.29) is 15.7 Å². The zero-order valence-corrected chi connectivity index (χ0v) is 26.3. The molecule has 0 saturated carbocycles. The van der Waals surface area contributed by atoms with E-state index in [0.717, 1.165) is 37.8 Å². The number of hydrogen-bond donors (Lipinski definition) is 0. The van der Waals surface area contributed by atoms with Crippen LogP contribution in [0, 0.1) is 0 Å². The predicted octanol–water partition coefficient (Wildman–Crippen LogP) is 4.83. The number of anilines is 2. The van der Waals surface area contributed by atoms with Crippen LogP contribution in [-0.2, 0) is 26.3 Å². The van der Waals surface area contributed by atoms with Crippen LogP contribution in [0.1, 0.15) is 36.2 Å². The molecule has 1 aliphatic rings. The number of aromatic nitrogens is 1. The van der Waals surface area contributed by atoms with Gasteiger partial charge in [0.05, 0.1) is 20.2 Å². The van der Waals surface area contributed by atoms with E-state index in [4.69, 9.17) is 0 Å².